The summed E-state index contributed by atoms with van der Waals surface area (Å²) in [6, 6.07) is 6.20. The van der Waals surface area contributed by atoms with Crippen molar-refractivity contribution in [3.05, 3.63) is 34.9 Å². The molecule has 14 heavy (non-hydrogen) atoms. The van der Waals surface area contributed by atoms with Gasteiger partial charge in [-0.05, 0) is 36.0 Å². The van der Waals surface area contributed by atoms with Crippen LogP contribution >= 0.6 is 11.6 Å². The zero-order valence-electron chi connectivity index (χ0n) is 7.75. The summed E-state index contributed by atoms with van der Waals surface area (Å²) in [6.45, 7) is 0.273. The van der Waals surface area contributed by atoms with Crippen molar-refractivity contribution in [2.45, 2.75) is 25.9 Å². The first-order valence-corrected chi connectivity index (χ1v) is 5.06. The van der Waals surface area contributed by atoms with E-state index in [9.17, 15) is 4.79 Å². The summed E-state index contributed by atoms with van der Waals surface area (Å²) in [5, 5.41) is 0. The molecule has 0 spiro atoms. The molecule has 0 unspecified atom stereocenters. The van der Waals surface area contributed by atoms with Crippen molar-refractivity contribution in [2.75, 3.05) is 0 Å². The molecule has 0 saturated heterocycles. The van der Waals surface area contributed by atoms with Crippen molar-refractivity contribution in [3.63, 3.8) is 0 Å². The monoisotopic (exact) mass is 210 g/mol. The van der Waals surface area contributed by atoms with Gasteiger partial charge in [0.15, 0.2) is 0 Å². The number of fused-ring (bicyclic) bond motifs is 1. The Morgan fingerprint density at radius 1 is 1.36 bits per heavy atom. The average molecular weight is 211 g/mol. The molecule has 2 rings (SSSR count). The highest BCUT2D eigenvalue weighted by Gasteiger charge is 2.10. The van der Waals surface area contributed by atoms with E-state index >= 15 is 0 Å². The minimum Gasteiger partial charge on any atom is -0.449 e. The molecule has 1 aromatic carbocycles. The highest BCUT2D eigenvalue weighted by atomic mass is 35.5. The molecular formula is C11H11ClO2. The fourth-order valence-electron chi connectivity index (χ4n) is 1.86. The van der Waals surface area contributed by atoms with Gasteiger partial charge in [-0.15, -0.1) is 0 Å². The fraction of sp³-hybridized carbons (Fsp3) is 0.364. The minimum absolute atomic E-state index is 0.273. The van der Waals surface area contributed by atoms with E-state index in [2.05, 4.69) is 12.1 Å². The maximum Gasteiger partial charge on any atom is 0.404 e. The van der Waals surface area contributed by atoms with Gasteiger partial charge in [0.2, 0.25) is 0 Å². The molecule has 2 nitrogen and oxygen atoms in total. The third-order valence-electron chi connectivity index (χ3n) is 2.52. The summed E-state index contributed by atoms with van der Waals surface area (Å²) >= 11 is 5.08. The molecule has 1 aromatic rings. The minimum atomic E-state index is -0.745. The van der Waals surface area contributed by atoms with Crippen LogP contribution in [0.5, 0.6) is 0 Å². The van der Waals surface area contributed by atoms with E-state index in [1.165, 1.54) is 24.0 Å². The fourth-order valence-corrected chi connectivity index (χ4v) is 1.91. The average Bonchev–Trinajstić information content (AvgIpc) is 2.61. The van der Waals surface area contributed by atoms with Crippen LogP contribution in [0.15, 0.2) is 18.2 Å². The number of carbonyl (C=O) groups is 1. The van der Waals surface area contributed by atoms with Gasteiger partial charge in [-0.3, -0.25) is 0 Å². The Labute approximate surface area is 87.8 Å². The van der Waals surface area contributed by atoms with Gasteiger partial charge in [-0.2, -0.15) is 0 Å². The molecule has 0 aromatic heterocycles. The second-order valence-electron chi connectivity index (χ2n) is 3.48. The Morgan fingerprint density at radius 3 is 2.93 bits per heavy atom. The summed E-state index contributed by atoms with van der Waals surface area (Å²) in [5.74, 6) is 0. The van der Waals surface area contributed by atoms with Crippen molar-refractivity contribution in [1.29, 1.82) is 0 Å². The second-order valence-corrected chi connectivity index (χ2v) is 3.79. The molecule has 0 N–H and O–H groups in total. The van der Waals surface area contributed by atoms with E-state index in [1.54, 1.807) is 0 Å². The molecule has 1 aliphatic rings. The summed E-state index contributed by atoms with van der Waals surface area (Å²) in [7, 11) is 0. The number of rotatable bonds is 2. The molecule has 0 bridgehead atoms. The molecule has 3 heteroatoms. The molecule has 0 saturated carbocycles. The first-order valence-electron chi connectivity index (χ1n) is 4.68. The molecule has 0 heterocycles. The highest BCUT2D eigenvalue weighted by Crippen LogP contribution is 2.23. The Bertz CT molecular complexity index is 360. The van der Waals surface area contributed by atoms with Gasteiger partial charge >= 0.3 is 5.43 Å². The summed E-state index contributed by atoms with van der Waals surface area (Å²) in [6.07, 6.45) is 3.54. The zero-order valence-corrected chi connectivity index (χ0v) is 8.51. The van der Waals surface area contributed by atoms with Crippen molar-refractivity contribution in [2.24, 2.45) is 0 Å². The lowest BCUT2D eigenvalue weighted by Gasteiger charge is -2.04. The van der Waals surface area contributed by atoms with E-state index < -0.39 is 5.43 Å². The van der Waals surface area contributed by atoms with Crippen LogP contribution in [-0.4, -0.2) is 5.43 Å². The number of benzene rings is 1. The second kappa shape index (κ2) is 4.01. The first-order chi connectivity index (χ1) is 6.75. The lowest BCUT2D eigenvalue weighted by Crippen LogP contribution is -1.95. The van der Waals surface area contributed by atoms with Crippen LogP contribution in [0.3, 0.4) is 0 Å². The van der Waals surface area contributed by atoms with E-state index in [-0.39, 0.29) is 6.61 Å². The topological polar surface area (TPSA) is 26.3 Å². The Morgan fingerprint density at radius 2 is 2.14 bits per heavy atom. The maximum absolute atomic E-state index is 10.4. The third kappa shape index (κ3) is 2.07. The number of carbonyl (C=O) groups excluding carboxylic acids is 1. The van der Waals surface area contributed by atoms with E-state index in [4.69, 9.17) is 16.3 Å². The zero-order chi connectivity index (χ0) is 9.97. The van der Waals surface area contributed by atoms with Crippen LogP contribution in [-0.2, 0) is 24.2 Å². The quantitative estimate of drug-likeness (QED) is 0.702. The third-order valence-corrected chi connectivity index (χ3v) is 2.62. The first kappa shape index (κ1) is 9.53. The number of aryl methyl sites for hydroxylation is 2. The van der Waals surface area contributed by atoms with E-state index in [1.807, 2.05) is 6.07 Å². The van der Waals surface area contributed by atoms with Crippen LogP contribution in [0.4, 0.5) is 4.79 Å². The van der Waals surface area contributed by atoms with Crippen molar-refractivity contribution < 1.29 is 9.53 Å². The number of halogens is 1. The van der Waals surface area contributed by atoms with Gasteiger partial charge in [0.25, 0.3) is 0 Å². The van der Waals surface area contributed by atoms with Gasteiger partial charge in [0.1, 0.15) is 6.61 Å². The predicted molar refractivity (Wildman–Crippen MR) is 54.5 cm³/mol. The van der Waals surface area contributed by atoms with Crippen LogP contribution < -0.4 is 0 Å². The Hall–Kier alpha value is -1.02. The van der Waals surface area contributed by atoms with Gasteiger partial charge in [-0.25, -0.2) is 4.79 Å². The van der Waals surface area contributed by atoms with Gasteiger partial charge in [0, 0.05) is 11.6 Å². The van der Waals surface area contributed by atoms with Gasteiger partial charge < -0.3 is 4.74 Å². The normalized spacial score (nSPS) is 13.8. The molecule has 0 fully saturated rings. The summed E-state index contributed by atoms with van der Waals surface area (Å²) < 4.78 is 4.71. The van der Waals surface area contributed by atoms with Gasteiger partial charge in [0.05, 0.1) is 0 Å². The van der Waals surface area contributed by atoms with Crippen LogP contribution in [0.1, 0.15) is 23.1 Å². The van der Waals surface area contributed by atoms with Crippen molar-refractivity contribution in [3.8, 4) is 0 Å². The predicted octanol–water partition coefficient (Wildman–Crippen LogP) is 3.05. The highest BCUT2D eigenvalue weighted by molar-refractivity contribution is 6.61. The summed E-state index contributed by atoms with van der Waals surface area (Å²) in [4.78, 5) is 10.4. The Kier molecular flexibility index (Phi) is 2.73. The molecule has 0 aliphatic heterocycles. The number of hydrogen-bond donors (Lipinski definition) is 0. The van der Waals surface area contributed by atoms with E-state index in [0.717, 1.165) is 12.0 Å². The van der Waals surface area contributed by atoms with Crippen LogP contribution in [0, 0.1) is 0 Å². The van der Waals surface area contributed by atoms with E-state index in [0.29, 0.717) is 0 Å². The molecule has 0 atom stereocenters. The molecule has 0 radical (unpaired) electrons. The van der Waals surface area contributed by atoms with Crippen molar-refractivity contribution >= 4 is 17.0 Å². The molecule has 74 valence electrons. The molecular weight excluding hydrogens is 200 g/mol. The maximum atomic E-state index is 10.4. The van der Waals surface area contributed by atoms with Crippen LogP contribution in [0.25, 0.3) is 0 Å². The van der Waals surface area contributed by atoms with Crippen LogP contribution in [0.2, 0.25) is 0 Å². The van der Waals surface area contributed by atoms with Crippen molar-refractivity contribution in [1.82, 2.24) is 0 Å². The number of ether oxygens (including phenoxy) is 1. The SMILES string of the molecule is O=C(Cl)OCc1ccc2c(c1)CCC2. The van der Waals surface area contributed by atoms with Gasteiger partial charge in [-0.1, -0.05) is 18.2 Å². The lowest BCUT2D eigenvalue weighted by atomic mass is 10.1. The lowest BCUT2D eigenvalue weighted by molar-refractivity contribution is 0.167. The Balaban J connectivity index is 2.09. The smallest absolute Gasteiger partial charge is 0.404 e. The molecule has 1 aliphatic carbocycles. The summed E-state index contributed by atoms with van der Waals surface area (Å²) in [5.41, 5.74) is 3.07. The largest absolute Gasteiger partial charge is 0.449 e. The standard InChI is InChI=1S/C11H11ClO2/c12-11(13)14-7-8-4-5-9-2-1-3-10(9)6-8/h4-6H,1-3,7H2. The number of hydrogen-bond acceptors (Lipinski definition) is 2. The molecule has 0 amide bonds.